The summed E-state index contributed by atoms with van der Waals surface area (Å²) in [6, 6.07) is 12.8. The molecule has 24 heavy (non-hydrogen) atoms. The van der Waals surface area contributed by atoms with E-state index in [-0.39, 0.29) is 0 Å². The Morgan fingerprint density at radius 3 is 2.46 bits per heavy atom. The quantitative estimate of drug-likeness (QED) is 0.836. The van der Waals surface area contributed by atoms with Crippen LogP contribution in [0.3, 0.4) is 0 Å². The van der Waals surface area contributed by atoms with E-state index in [2.05, 4.69) is 15.3 Å². The maximum Gasteiger partial charge on any atom is 0.328 e. The molecule has 2 heterocycles. The van der Waals surface area contributed by atoms with Gasteiger partial charge in [-0.1, -0.05) is 30.3 Å². The lowest BCUT2D eigenvalue weighted by molar-refractivity contribution is -0.139. The van der Waals surface area contributed by atoms with Crippen LogP contribution in [-0.2, 0) is 11.2 Å². The highest BCUT2D eigenvalue weighted by atomic mass is 16.4. The van der Waals surface area contributed by atoms with Crippen LogP contribution in [0.1, 0.15) is 5.56 Å². The number of piperazine rings is 1. The fraction of sp³-hybridized carbons (Fsp3) is 0.333. The van der Waals surface area contributed by atoms with Crippen molar-refractivity contribution in [3.05, 3.63) is 60.4 Å². The average Bonchev–Trinajstić information content (AvgIpc) is 2.64. The molecule has 0 bridgehead atoms. The highest BCUT2D eigenvalue weighted by Crippen LogP contribution is 2.22. The number of pyridine rings is 1. The minimum Gasteiger partial charge on any atom is -0.480 e. The molecule has 126 valence electrons. The van der Waals surface area contributed by atoms with Gasteiger partial charge in [0.05, 0.1) is 5.69 Å². The molecule has 2 aromatic rings. The van der Waals surface area contributed by atoms with Crippen LogP contribution < -0.4 is 10.3 Å². The van der Waals surface area contributed by atoms with Gasteiger partial charge in [0, 0.05) is 45.0 Å². The van der Waals surface area contributed by atoms with E-state index in [0.717, 1.165) is 37.4 Å². The summed E-state index contributed by atoms with van der Waals surface area (Å²) in [5, 5.41) is 17.2. The average molecular weight is 326 g/mol. The van der Waals surface area contributed by atoms with Crippen LogP contribution in [0.15, 0.2) is 54.9 Å². The number of hydrazine groups is 1. The van der Waals surface area contributed by atoms with Crippen LogP contribution in [0.4, 0.5) is 5.69 Å². The van der Waals surface area contributed by atoms with E-state index in [1.165, 1.54) is 0 Å². The first kappa shape index (κ1) is 16.4. The molecule has 0 unspecified atom stereocenters. The number of hydrogen-bond acceptors (Lipinski definition) is 5. The number of anilines is 1. The summed E-state index contributed by atoms with van der Waals surface area (Å²) >= 11 is 0. The number of carboxylic acids is 1. The van der Waals surface area contributed by atoms with E-state index in [4.69, 9.17) is 0 Å². The van der Waals surface area contributed by atoms with Crippen molar-refractivity contribution in [3.8, 4) is 0 Å². The Hall–Kier alpha value is -2.44. The Morgan fingerprint density at radius 1 is 1.17 bits per heavy atom. The van der Waals surface area contributed by atoms with Gasteiger partial charge in [0.2, 0.25) is 0 Å². The van der Waals surface area contributed by atoms with Crippen molar-refractivity contribution in [1.29, 1.82) is 0 Å². The lowest BCUT2D eigenvalue weighted by atomic mass is 10.0. The Morgan fingerprint density at radius 2 is 1.83 bits per heavy atom. The predicted molar refractivity (Wildman–Crippen MR) is 92.7 cm³/mol. The molecule has 0 saturated carbocycles. The predicted octanol–water partition coefficient (Wildman–Crippen LogP) is 1.40. The molecule has 0 radical (unpaired) electrons. The van der Waals surface area contributed by atoms with Crippen molar-refractivity contribution in [3.63, 3.8) is 0 Å². The van der Waals surface area contributed by atoms with Gasteiger partial charge in [0.15, 0.2) is 0 Å². The van der Waals surface area contributed by atoms with E-state index in [1.807, 2.05) is 47.5 Å². The monoisotopic (exact) mass is 326 g/mol. The Kier molecular flexibility index (Phi) is 5.40. The third-order valence-corrected chi connectivity index (χ3v) is 4.18. The zero-order chi connectivity index (χ0) is 16.8. The fourth-order valence-corrected chi connectivity index (χ4v) is 3.02. The van der Waals surface area contributed by atoms with Gasteiger partial charge in [0.25, 0.3) is 0 Å². The number of aliphatic carboxylic acids is 1. The number of nitrogens with one attached hydrogen (secondary N) is 1. The number of carbonyl (C=O) groups is 1. The first-order valence-corrected chi connectivity index (χ1v) is 8.17. The molecule has 1 aromatic carbocycles. The molecule has 1 aliphatic rings. The molecule has 6 heteroatoms. The Labute approximate surface area is 141 Å². The smallest absolute Gasteiger partial charge is 0.328 e. The number of hydrogen-bond donors (Lipinski definition) is 2. The van der Waals surface area contributed by atoms with Gasteiger partial charge in [0.1, 0.15) is 6.04 Å². The van der Waals surface area contributed by atoms with E-state index in [0.29, 0.717) is 6.42 Å². The van der Waals surface area contributed by atoms with Crippen molar-refractivity contribution in [2.24, 2.45) is 0 Å². The summed E-state index contributed by atoms with van der Waals surface area (Å²) in [5.41, 5.74) is 1.87. The maximum absolute atomic E-state index is 12.1. The lowest BCUT2D eigenvalue weighted by Crippen LogP contribution is -2.58. The molecule has 3 rings (SSSR count). The molecular formula is C18H22N4O2. The van der Waals surface area contributed by atoms with E-state index in [1.54, 1.807) is 12.4 Å². The number of aromatic nitrogens is 1. The van der Waals surface area contributed by atoms with Crippen molar-refractivity contribution < 1.29 is 9.90 Å². The fourth-order valence-electron chi connectivity index (χ4n) is 3.02. The van der Waals surface area contributed by atoms with Crippen LogP contribution in [0.25, 0.3) is 0 Å². The minimum atomic E-state index is -0.825. The van der Waals surface area contributed by atoms with Gasteiger partial charge in [-0.3, -0.25) is 9.99 Å². The first-order chi connectivity index (χ1) is 11.8. The highest BCUT2D eigenvalue weighted by Gasteiger charge is 2.31. The SMILES string of the molecule is O=C(O)[C@H](Cc1ccccc1)N(c1ccncc1)N1CCNCC1. The molecule has 0 aliphatic carbocycles. The van der Waals surface area contributed by atoms with Gasteiger partial charge in [-0.05, 0) is 17.7 Å². The molecule has 6 nitrogen and oxygen atoms in total. The summed E-state index contributed by atoms with van der Waals surface area (Å²) in [4.78, 5) is 16.1. The molecule has 1 fully saturated rings. The third-order valence-electron chi connectivity index (χ3n) is 4.18. The van der Waals surface area contributed by atoms with Gasteiger partial charge in [-0.15, -0.1) is 0 Å². The molecule has 1 saturated heterocycles. The third kappa shape index (κ3) is 3.90. The summed E-state index contributed by atoms with van der Waals surface area (Å²) in [6.45, 7) is 3.25. The molecule has 0 amide bonds. The van der Waals surface area contributed by atoms with Gasteiger partial charge in [-0.2, -0.15) is 0 Å². The van der Waals surface area contributed by atoms with Gasteiger partial charge in [-0.25, -0.2) is 9.80 Å². The lowest BCUT2D eigenvalue weighted by Gasteiger charge is -2.42. The maximum atomic E-state index is 12.1. The largest absolute Gasteiger partial charge is 0.480 e. The number of rotatable bonds is 6. The molecule has 1 atom stereocenters. The second kappa shape index (κ2) is 7.90. The van der Waals surface area contributed by atoms with Crippen LogP contribution in [0.2, 0.25) is 0 Å². The van der Waals surface area contributed by atoms with E-state index >= 15 is 0 Å². The number of nitrogens with zero attached hydrogens (tertiary/aromatic N) is 3. The number of carboxylic acid groups (broad SMARTS) is 1. The van der Waals surface area contributed by atoms with Gasteiger partial charge < -0.3 is 10.4 Å². The zero-order valence-electron chi connectivity index (χ0n) is 13.5. The van der Waals surface area contributed by atoms with Crippen LogP contribution in [-0.4, -0.2) is 53.3 Å². The minimum absolute atomic E-state index is 0.447. The van der Waals surface area contributed by atoms with Crippen LogP contribution in [0, 0.1) is 0 Å². The molecular weight excluding hydrogens is 304 g/mol. The second-order valence-electron chi connectivity index (χ2n) is 5.80. The molecule has 1 aliphatic heterocycles. The topological polar surface area (TPSA) is 68.7 Å². The van der Waals surface area contributed by atoms with E-state index < -0.39 is 12.0 Å². The normalized spacial score (nSPS) is 16.5. The molecule has 0 spiro atoms. The Balaban J connectivity index is 1.92. The van der Waals surface area contributed by atoms with E-state index in [9.17, 15) is 9.90 Å². The van der Waals surface area contributed by atoms with Crippen molar-refractivity contribution in [2.75, 3.05) is 31.2 Å². The number of benzene rings is 1. The van der Waals surface area contributed by atoms with Crippen LogP contribution in [0.5, 0.6) is 0 Å². The first-order valence-electron chi connectivity index (χ1n) is 8.17. The summed E-state index contributed by atoms with van der Waals surface area (Å²) in [6.07, 6.45) is 3.85. The standard InChI is InChI=1S/C18H22N4O2/c23-18(24)17(14-15-4-2-1-3-5-15)22(16-6-8-19-9-7-16)21-12-10-20-11-13-21/h1-9,17,20H,10-14H2,(H,23,24)/t17-/m0/s1. The van der Waals surface area contributed by atoms with Crippen LogP contribution >= 0.6 is 0 Å². The van der Waals surface area contributed by atoms with Crippen molar-refractivity contribution in [2.45, 2.75) is 12.5 Å². The molecule has 1 aromatic heterocycles. The second-order valence-corrected chi connectivity index (χ2v) is 5.80. The highest BCUT2D eigenvalue weighted by molar-refractivity contribution is 5.78. The Bertz CT molecular complexity index is 645. The zero-order valence-corrected chi connectivity index (χ0v) is 13.5. The summed E-state index contributed by atoms with van der Waals surface area (Å²) in [7, 11) is 0. The van der Waals surface area contributed by atoms with Crippen molar-refractivity contribution >= 4 is 11.7 Å². The van der Waals surface area contributed by atoms with Gasteiger partial charge >= 0.3 is 5.97 Å². The molecule has 2 N–H and O–H groups in total. The summed E-state index contributed by atoms with van der Waals surface area (Å²) in [5.74, 6) is -0.825. The van der Waals surface area contributed by atoms with Crippen molar-refractivity contribution in [1.82, 2.24) is 15.3 Å². The summed E-state index contributed by atoms with van der Waals surface area (Å²) < 4.78 is 0.